The van der Waals surface area contributed by atoms with Gasteiger partial charge in [-0.2, -0.15) is 5.26 Å². The van der Waals surface area contributed by atoms with Crippen molar-refractivity contribution < 1.29 is 8.42 Å². The summed E-state index contributed by atoms with van der Waals surface area (Å²) in [5.41, 5.74) is 1.63. The summed E-state index contributed by atoms with van der Waals surface area (Å²) in [6.45, 7) is 1.38. The summed E-state index contributed by atoms with van der Waals surface area (Å²) in [7, 11) is -3.62. The molecule has 18 heavy (non-hydrogen) atoms. The van der Waals surface area contributed by atoms with Crippen LogP contribution in [0.3, 0.4) is 0 Å². The standard InChI is InChI=1S/C11H12N4O2S/c1-8(6-12)18(16,17)13-7-11-14-9-4-2-3-5-10(9)15-11/h2-5,8,13H,7H2,1H3,(H,14,15). The minimum Gasteiger partial charge on any atom is -0.341 e. The first kappa shape index (κ1) is 12.5. The molecular formula is C11H12N4O2S. The van der Waals surface area contributed by atoms with Gasteiger partial charge in [0, 0.05) is 0 Å². The first-order chi connectivity index (χ1) is 8.53. The number of H-pyrrole nitrogens is 1. The third-order valence-electron chi connectivity index (χ3n) is 2.53. The molecule has 1 aromatic carbocycles. The second kappa shape index (κ2) is 4.76. The van der Waals surface area contributed by atoms with Gasteiger partial charge in [0.25, 0.3) is 0 Å². The van der Waals surface area contributed by atoms with Crippen LogP contribution in [0.15, 0.2) is 24.3 Å². The van der Waals surface area contributed by atoms with Gasteiger partial charge in [-0.15, -0.1) is 0 Å². The van der Waals surface area contributed by atoms with Gasteiger partial charge in [-0.3, -0.25) is 0 Å². The van der Waals surface area contributed by atoms with Crippen molar-refractivity contribution in [2.45, 2.75) is 18.7 Å². The zero-order valence-corrected chi connectivity index (χ0v) is 10.5. The minimum atomic E-state index is -3.62. The fourth-order valence-corrected chi connectivity index (χ4v) is 2.18. The number of nitrogens with zero attached hydrogens (tertiary/aromatic N) is 2. The fraction of sp³-hybridized carbons (Fsp3) is 0.273. The van der Waals surface area contributed by atoms with Gasteiger partial charge < -0.3 is 4.98 Å². The van der Waals surface area contributed by atoms with Crippen LogP contribution in [0.4, 0.5) is 0 Å². The highest BCUT2D eigenvalue weighted by molar-refractivity contribution is 7.90. The lowest BCUT2D eigenvalue weighted by Crippen LogP contribution is -2.31. The van der Waals surface area contributed by atoms with Gasteiger partial charge in [0.1, 0.15) is 5.82 Å². The van der Waals surface area contributed by atoms with Crippen LogP contribution < -0.4 is 4.72 Å². The maximum Gasteiger partial charge on any atom is 0.228 e. The lowest BCUT2D eigenvalue weighted by Gasteiger charge is -2.05. The van der Waals surface area contributed by atoms with Crippen molar-refractivity contribution in [3.8, 4) is 6.07 Å². The van der Waals surface area contributed by atoms with Crippen molar-refractivity contribution in [3.05, 3.63) is 30.1 Å². The first-order valence-corrected chi connectivity index (χ1v) is 6.89. The molecular weight excluding hydrogens is 252 g/mol. The second-order valence-electron chi connectivity index (χ2n) is 3.84. The summed E-state index contributed by atoms with van der Waals surface area (Å²) >= 11 is 0. The molecule has 0 spiro atoms. The zero-order valence-electron chi connectivity index (χ0n) is 9.71. The predicted molar refractivity (Wildman–Crippen MR) is 66.9 cm³/mol. The highest BCUT2D eigenvalue weighted by atomic mass is 32.2. The van der Waals surface area contributed by atoms with Crippen molar-refractivity contribution in [3.63, 3.8) is 0 Å². The predicted octanol–water partition coefficient (Wildman–Crippen LogP) is 0.894. The van der Waals surface area contributed by atoms with Gasteiger partial charge in [-0.1, -0.05) is 12.1 Å². The number of imidazole rings is 1. The summed E-state index contributed by atoms with van der Waals surface area (Å²) in [6, 6.07) is 9.10. The molecule has 94 valence electrons. The van der Waals surface area contributed by atoms with Crippen LogP contribution >= 0.6 is 0 Å². The number of fused-ring (bicyclic) bond motifs is 1. The fourth-order valence-electron chi connectivity index (χ4n) is 1.45. The molecule has 1 unspecified atom stereocenters. The van der Waals surface area contributed by atoms with Crippen LogP contribution in [0, 0.1) is 11.3 Å². The molecule has 0 aliphatic heterocycles. The molecule has 0 amide bonds. The van der Waals surface area contributed by atoms with Crippen LogP contribution in [0.2, 0.25) is 0 Å². The molecule has 0 aliphatic rings. The highest BCUT2D eigenvalue weighted by Gasteiger charge is 2.19. The quantitative estimate of drug-likeness (QED) is 0.856. The molecule has 0 aliphatic carbocycles. The molecule has 0 bridgehead atoms. The van der Waals surface area contributed by atoms with E-state index in [1.54, 1.807) is 6.07 Å². The summed E-state index contributed by atoms with van der Waals surface area (Å²) in [6.07, 6.45) is 0. The van der Waals surface area contributed by atoms with Crippen LogP contribution in [-0.4, -0.2) is 23.6 Å². The van der Waals surface area contributed by atoms with E-state index in [0.29, 0.717) is 5.82 Å². The molecule has 0 fully saturated rings. The summed E-state index contributed by atoms with van der Waals surface area (Å²) in [5, 5.41) is 7.51. The molecule has 1 aromatic heterocycles. The largest absolute Gasteiger partial charge is 0.341 e. The lowest BCUT2D eigenvalue weighted by atomic mass is 10.3. The Balaban J connectivity index is 2.14. The van der Waals surface area contributed by atoms with Crippen LogP contribution in [-0.2, 0) is 16.6 Å². The van der Waals surface area contributed by atoms with E-state index in [4.69, 9.17) is 5.26 Å². The van der Waals surface area contributed by atoms with E-state index in [1.165, 1.54) is 6.92 Å². The number of aromatic amines is 1. The Labute approximate surface area is 105 Å². The smallest absolute Gasteiger partial charge is 0.228 e. The Morgan fingerprint density at radius 2 is 2.22 bits per heavy atom. The molecule has 2 rings (SSSR count). The topological polar surface area (TPSA) is 98.6 Å². The molecule has 1 atom stereocenters. The van der Waals surface area contributed by atoms with Crippen molar-refractivity contribution in [2.75, 3.05) is 0 Å². The number of benzene rings is 1. The van der Waals surface area contributed by atoms with Crippen LogP contribution in [0.5, 0.6) is 0 Å². The Hall–Kier alpha value is -1.91. The molecule has 1 heterocycles. The number of sulfonamides is 1. The van der Waals surface area contributed by atoms with E-state index in [1.807, 2.05) is 24.3 Å². The normalized spacial score (nSPS) is 13.3. The Kier molecular flexibility index (Phi) is 3.32. The second-order valence-corrected chi connectivity index (χ2v) is 5.92. The zero-order chi connectivity index (χ0) is 13.2. The van der Waals surface area contributed by atoms with Gasteiger partial charge in [-0.05, 0) is 19.1 Å². The molecule has 0 radical (unpaired) electrons. The van der Waals surface area contributed by atoms with Crippen molar-refractivity contribution in [2.24, 2.45) is 0 Å². The van der Waals surface area contributed by atoms with E-state index in [2.05, 4.69) is 14.7 Å². The summed E-state index contributed by atoms with van der Waals surface area (Å²) < 4.78 is 25.5. The van der Waals surface area contributed by atoms with E-state index in [9.17, 15) is 8.42 Å². The van der Waals surface area contributed by atoms with Crippen molar-refractivity contribution in [1.82, 2.24) is 14.7 Å². The Morgan fingerprint density at radius 3 is 2.89 bits per heavy atom. The van der Waals surface area contributed by atoms with Gasteiger partial charge >= 0.3 is 0 Å². The van der Waals surface area contributed by atoms with Crippen molar-refractivity contribution in [1.29, 1.82) is 5.26 Å². The third-order valence-corrected chi connectivity index (χ3v) is 4.11. The van der Waals surface area contributed by atoms with Crippen LogP contribution in [0.25, 0.3) is 11.0 Å². The van der Waals surface area contributed by atoms with Crippen molar-refractivity contribution >= 4 is 21.1 Å². The number of nitrogens with one attached hydrogen (secondary N) is 2. The SMILES string of the molecule is CC(C#N)S(=O)(=O)NCc1nc2ccccc2[nH]1. The highest BCUT2D eigenvalue weighted by Crippen LogP contribution is 2.10. The molecule has 0 saturated carbocycles. The number of rotatable bonds is 4. The summed E-state index contributed by atoms with van der Waals surface area (Å²) in [4.78, 5) is 7.24. The molecule has 2 aromatic rings. The lowest BCUT2D eigenvalue weighted by molar-refractivity contribution is 0.575. The van der Waals surface area contributed by atoms with Gasteiger partial charge in [0.15, 0.2) is 5.25 Å². The maximum atomic E-state index is 11.6. The molecule has 0 saturated heterocycles. The van der Waals surface area contributed by atoms with E-state index in [0.717, 1.165) is 11.0 Å². The number of para-hydroxylation sites is 2. The average Bonchev–Trinajstić information content (AvgIpc) is 2.78. The van der Waals surface area contributed by atoms with E-state index in [-0.39, 0.29) is 6.54 Å². The number of hydrogen-bond acceptors (Lipinski definition) is 4. The minimum absolute atomic E-state index is 0.0447. The first-order valence-electron chi connectivity index (χ1n) is 5.34. The third kappa shape index (κ3) is 2.50. The Morgan fingerprint density at radius 1 is 1.50 bits per heavy atom. The number of aromatic nitrogens is 2. The van der Waals surface area contributed by atoms with Gasteiger partial charge in [0.05, 0.1) is 23.6 Å². The van der Waals surface area contributed by atoms with Crippen LogP contribution in [0.1, 0.15) is 12.7 Å². The van der Waals surface area contributed by atoms with E-state index >= 15 is 0 Å². The van der Waals surface area contributed by atoms with Gasteiger partial charge in [-0.25, -0.2) is 18.1 Å². The van der Waals surface area contributed by atoms with E-state index < -0.39 is 15.3 Å². The molecule has 6 nitrogen and oxygen atoms in total. The summed E-state index contributed by atoms with van der Waals surface area (Å²) in [5.74, 6) is 0.518. The molecule has 2 N–H and O–H groups in total. The van der Waals surface area contributed by atoms with Gasteiger partial charge in [0.2, 0.25) is 10.0 Å². The number of hydrogen-bond donors (Lipinski definition) is 2. The Bertz CT molecular complexity index is 666. The molecule has 7 heteroatoms. The monoisotopic (exact) mass is 264 g/mol. The average molecular weight is 264 g/mol. The maximum absolute atomic E-state index is 11.6. The number of nitriles is 1.